The number of nitrogen functional groups attached to an aromatic ring is 1. The van der Waals surface area contributed by atoms with Gasteiger partial charge in [-0.25, -0.2) is 13.3 Å². The molecule has 90 valence electrons. The van der Waals surface area contributed by atoms with E-state index in [2.05, 4.69) is 9.08 Å². The van der Waals surface area contributed by atoms with E-state index in [-0.39, 0.29) is 0 Å². The van der Waals surface area contributed by atoms with Crippen LogP contribution in [0.4, 0.5) is 5.69 Å². The Hall–Kier alpha value is -1.07. The number of nitrogens with two attached hydrogens (primary N) is 1. The quantitative estimate of drug-likeness (QED) is 0.774. The van der Waals surface area contributed by atoms with E-state index in [9.17, 15) is 4.21 Å². The van der Waals surface area contributed by atoms with Gasteiger partial charge in [-0.2, -0.15) is 0 Å². The van der Waals surface area contributed by atoms with Crippen LogP contribution in [0, 0.1) is 0 Å². The largest absolute Gasteiger partial charge is 0.399 e. The second-order valence-electron chi connectivity index (χ2n) is 3.45. The van der Waals surface area contributed by atoms with E-state index < -0.39 is 9.92 Å². The predicted octanol–water partition coefficient (Wildman–Crippen LogP) is 2.03. The van der Waals surface area contributed by atoms with Crippen LogP contribution in [0.3, 0.4) is 0 Å². The monoisotopic (exact) mass is 241 g/mol. The third kappa shape index (κ3) is 3.21. The van der Waals surface area contributed by atoms with Gasteiger partial charge in [-0.3, -0.25) is 0 Å². The molecule has 3 N–H and O–H groups in total. The van der Waals surface area contributed by atoms with E-state index in [4.69, 9.17) is 5.73 Å². The van der Waals surface area contributed by atoms with E-state index in [1.54, 1.807) is 24.3 Å². The zero-order valence-corrected chi connectivity index (χ0v) is 10.6. The molecular weight excluding hydrogens is 222 g/mol. The van der Waals surface area contributed by atoms with Crippen molar-refractivity contribution in [1.82, 2.24) is 4.72 Å². The first kappa shape index (κ1) is 13.0. The molecule has 0 saturated carbocycles. The highest BCUT2D eigenvalue weighted by molar-refractivity contribution is 7.91. The third-order valence-electron chi connectivity index (χ3n) is 2.04. The van der Waals surface area contributed by atoms with Gasteiger partial charge in [0.2, 0.25) is 0 Å². The number of rotatable bonds is 5. The van der Waals surface area contributed by atoms with Gasteiger partial charge in [0.1, 0.15) is 9.92 Å². The van der Waals surface area contributed by atoms with Crippen molar-refractivity contribution in [3.8, 4) is 0 Å². The zero-order valence-electron chi connectivity index (χ0n) is 9.77. The molecule has 5 heteroatoms. The average molecular weight is 241 g/mol. The molecule has 0 radical (unpaired) electrons. The Kier molecular flexibility index (Phi) is 4.76. The molecule has 1 unspecified atom stereocenters. The molecule has 1 aromatic rings. The van der Waals surface area contributed by atoms with E-state index in [1.165, 1.54) is 0 Å². The first-order chi connectivity index (χ1) is 7.62. The van der Waals surface area contributed by atoms with Gasteiger partial charge in [0.25, 0.3) is 0 Å². The fraction of sp³-hybridized carbons (Fsp3) is 0.455. The zero-order chi connectivity index (χ0) is 12.0. The van der Waals surface area contributed by atoms with Gasteiger partial charge in [-0.15, -0.1) is 0 Å². The summed E-state index contributed by atoms with van der Waals surface area (Å²) in [4.78, 5) is 0.692. The van der Waals surface area contributed by atoms with Crippen molar-refractivity contribution in [2.75, 3.05) is 18.8 Å². The van der Waals surface area contributed by atoms with Crippen LogP contribution in [0.15, 0.2) is 33.5 Å². The van der Waals surface area contributed by atoms with Gasteiger partial charge in [0.05, 0.1) is 4.90 Å². The molecule has 16 heavy (non-hydrogen) atoms. The molecule has 1 atom stereocenters. The molecule has 0 heterocycles. The standard InChI is InChI=1S/C11H19N3OS/c1-3-9-14-16(15,13-4-2)11-7-5-10(12)6-8-11/h5-8H,3-4,9,12H2,1-2H3,(H,13,14,15). The number of hydrogen-bond donors (Lipinski definition) is 2. The first-order valence-corrected chi connectivity index (χ1v) is 6.97. The molecule has 0 aliphatic heterocycles. The number of nitrogens with one attached hydrogen (secondary N) is 1. The summed E-state index contributed by atoms with van der Waals surface area (Å²) in [7, 11) is -2.48. The molecule has 0 amide bonds. The highest BCUT2D eigenvalue weighted by Gasteiger charge is 2.09. The molecule has 1 aromatic carbocycles. The maximum atomic E-state index is 12.5. The summed E-state index contributed by atoms with van der Waals surface area (Å²) in [6.45, 7) is 5.14. The molecule has 4 nitrogen and oxygen atoms in total. The van der Waals surface area contributed by atoms with Crippen LogP contribution in [-0.4, -0.2) is 17.3 Å². The topological polar surface area (TPSA) is 67.5 Å². The Bertz CT molecular complexity index is 433. The highest BCUT2D eigenvalue weighted by Crippen LogP contribution is 2.13. The van der Waals surface area contributed by atoms with Crippen LogP contribution in [0.5, 0.6) is 0 Å². The first-order valence-electron chi connectivity index (χ1n) is 5.45. The van der Waals surface area contributed by atoms with Crippen LogP contribution in [-0.2, 0) is 9.92 Å². The molecule has 0 bridgehead atoms. The fourth-order valence-electron chi connectivity index (χ4n) is 1.27. The molecule has 0 aliphatic rings. The minimum Gasteiger partial charge on any atom is -0.399 e. The molecule has 0 fully saturated rings. The SMILES string of the molecule is CCCN=S(=O)(NCC)c1ccc(N)cc1. The minimum absolute atomic E-state index is 0.593. The van der Waals surface area contributed by atoms with Gasteiger partial charge < -0.3 is 5.73 Å². The third-order valence-corrected chi connectivity index (χ3v) is 4.17. The fourth-order valence-corrected chi connectivity index (χ4v) is 3.01. The van der Waals surface area contributed by atoms with Gasteiger partial charge >= 0.3 is 0 Å². The molecule has 1 rings (SSSR count). The Balaban J connectivity index is 3.11. The smallest absolute Gasteiger partial charge is 0.137 e. The van der Waals surface area contributed by atoms with Crippen LogP contribution in [0.2, 0.25) is 0 Å². The van der Waals surface area contributed by atoms with Crippen molar-refractivity contribution in [2.45, 2.75) is 25.2 Å². The summed E-state index contributed by atoms with van der Waals surface area (Å²) in [6, 6.07) is 7.01. The number of hydrogen-bond acceptors (Lipinski definition) is 3. The highest BCUT2D eigenvalue weighted by atomic mass is 32.2. The predicted molar refractivity (Wildman–Crippen MR) is 68.5 cm³/mol. The Labute approximate surface area is 97.6 Å². The van der Waals surface area contributed by atoms with Crippen molar-refractivity contribution in [3.63, 3.8) is 0 Å². The number of nitrogens with zero attached hydrogens (tertiary/aromatic N) is 1. The second kappa shape index (κ2) is 5.86. The Morgan fingerprint density at radius 3 is 2.44 bits per heavy atom. The van der Waals surface area contributed by atoms with Crippen molar-refractivity contribution in [1.29, 1.82) is 0 Å². The van der Waals surface area contributed by atoms with Gasteiger partial charge in [0, 0.05) is 18.8 Å². The van der Waals surface area contributed by atoms with E-state index in [0.29, 0.717) is 23.7 Å². The average Bonchev–Trinajstić information content (AvgIpc) is 2.27. The Morgan fingerprint density at radius 1 is 1.31 bits per heavy atom. The van der Waals surface area contributed by atoms with Crippen LogP contribution >= 0.6 is 0 Å². The minimum atomic E-state index is -2.48. The molecule has 0 aliphatic carbocycles. The van der Waals surface area contributed by atoms with Gasteiger partial charge in [-0.1, -0.05) is 13.8 Å². The normalized spacial score (nSPS) is 14.4. The summed E-state index contributed by atoms with van der Waals surface area (Å²) < 4.78 is 19.7. The molecule has 0 saturated heterocycles. The summed E-state index contributed by atoms with van der Waals surface area (Å²) in [6.07, 6.45) is 0.886. The van der Waals surface area contributed by atoms with Crippen LogP contribution < -0.4 is 10.5 Å². The summed E-state index contributed by atoms with van der Waals surface area (Å²) >= 11 is 0. The van der Waals surface area contributed by atoms with Gasteiger partial charge in [-0.05, 0) is 30.7 Å². The van der Waals surface area contributed by atoms with Crippen molar-refractivity contribution in [2.24, 2.45) is 4.36 Å². The lowest BCUT2D eigenvalue weighted by molar-refractivity contribution is 0.663. The summed E-state index contributed by atoms with van der Waals surface area (Å²) in [5, 5.41) is 0. The van der Waals surface area contributed by atoms with Crippen molar-refractivity contribution in [3.05, 3.63) is 24.3 Å². The number of benzene rings is 1. The lowest BCUT2D eigenvalue weighted by Gasteiger charge is -2.10. The van der Waals surface area contributed by atoms with Gasteiger partial charge in [0.15, 0.2) is 0 Å². The van der Waals surface area contributed by atoms with Crippen molar-refractivity contribution >= 4 is 15.6 Å². The van der Waals surface area contributed by atoms with Crippen LogP contribution in [0.1, 0.15) is 20.3 Å². The maximum Gasteiger partial charge on any atom is 0.137 e. The molecule has 0 spiro atoms. The summed E-state index contributed by atoms with van der Waals surface area (Å²) in [5.41, 5.74) is 6.26. The maximum absolute atomic E-state index is 12.5. The Morgan fingerprint density at radius 2 is 1.94 bits per heavy atom. The lowest BCUT2D eigenvalue weighted by Crippen LogP contribution is -2.23. The van der Waals surface area contributed by atoms with Crippen LogP contribution in [0.25, 0.3) is 0 Å². The van der Waals surface area contributed by atoms with Crippen molar-refractivity contribution < 1.29 is 4.21 Å². The number of anilines is 1. The second-order valence-corrected chi connectivity index (χ2v) is 5.52. The van der Waals surface area contributed by atoms with E-state index in [0.717, 1.165) is 6.42 Å². The molecule has 0 aromatic heterocycles. The van der Waals surface area contributed by atoms with E-state index in [1.807, 2.05) is 13.8 Å². The summed E-state index contributed by atoms with van der Waals surface area (Å²) in [5.74, 6) is 0. The lowest BCUT2D eigenvalue weighted by atomic mass is 10.3. The van der Waals surface area contributed by atoms with E-state index >= 15 is 0 Å². The molecular formula is C11H19N3OS.